The second-order valence-corrected chi connectivity index (χ2v) is 6.67. The minimum atomic E-state index is -0.189. The number of anilines is 1. The van der Waals surface area contributed by atoms with Crippen molar-refractivity contribution in [3.63, 3.8) is 0 Å². The fraction of sp³-hybridized carbons (Fsp3) is 0.130. The van der Waals surface area contributed by atoms with Crippen LogP contribution in [0.15, 0.2) is 85.2 Å². The Morgan fingerprint density at radius 3 is 2.43 bits per heavy atom. The molecule has 0 bridgehead atoms. The summed E-state index contributed by atoms with van der Waals surface area (Å²) in [5.74, 6) is 1.36. The zero-order chi connectivity index (χ0) is 20.8. The van der Waals surface area contributed by atoms with Crippen LogP contribution in [-0.4, -0.2) is 25.9 Å². The van der Waals surface area contributed by atoms with Crippen molar-refractivity contribution in [2.24, 2.45) is 0 Å². The molecule has 2 heterocycles. The van der Waals surface area contributed by atoms with E-state index in [0.29, 0.717) is 23.1 Å². The molecule has 150 valence electrons. The molecular weight excluding hydrogens is 378 g/mol. The Morgan fingerprint density at radius 2 is 1.80 bits per heavy atom. The minimum absolute atomic E-state index is 0.0301. The van der Waals surface area contributed by atoms with Gasteiger partial charge in [-0.25, -0.2) is 4.68 Å². The molecule has 0 radical (unpaired) electrons. The number of amides is 1. The van der Waals surface area contributed by atoms with E-state index < -0.39 is 0 Å². The van der Waals surface area contributed by atoms with Gasteiger partial charge >= 0.3 is 0 Å². The molecule has 4 aromatic rings. The molecule has 7 heteroatoms. The summed E-state index contributed by atoms with van der Waals surface area (Å²) in [5.41, 5.74) is 1.72. The quantitative estimate of drug-likeness (QED) is 0.492. The van der Waals surface area contributed by atoms with Gasteiger partial charge in [-0.15, -0.1) is 10.2 Å². The van der Waals surface area contributed by atoms with Crippen molar-refractivity contribution in [2.45, 2.75) is 19.3 Å². The van der Waals surface area contributed by atoms with Crippen molar-refractivity contribution < 1.29 is 9.53 Å². The molecule has 1 unspecified atom stereocenters. The normalized spacial score (nSPS) is 11.6. The molecule has 0 fully saturated rings. The molecule has 0 saturated heterocycles. The average Bonchev–Trinajstić information content (AvgIpc) is 3.32. The summed E-state index contributed by atoms with van der Waals surface area (Å²) < 4.78 is 7.35. The first kappa shape index (κ1) is 19.3. The second kappa shape index (κ2) is 9.00. The first-order valence-electron chi connectivity index (χ1n) is 9.70. The van der Waals surface area contributed by atoms with Crippen LogP contribution in [0.1, 0.15) is 24.8 Å². The third kappa shape index (κ3) is 4.52. The van der Waals surface area contributed by atoms with Gasteiger partial charge in [0.15, 0.2) is 5.82 Å². The molecule has 1 atom stereocenters. The Hall–Kier alpha value is -4.00. The Morgan fingerprint density at radius 1 is 1.00 bits per heavy atom. The van der Waals surface area contributed by atoms with Crippen molar-refractivity contribution in [1.29, 1.82) is 0 Å². The summed E-state index contributed by atoms with van der Waals surface area (Å²) in [7, 11) is 0. The molecule has 0 aliphatic heterocycles. The largest absolute Gasteiger partial charge is 0.438 e. The number of carbonyl (C=O) groups excluding carboxylic acids is 1. The maximum atomic E-state index is 12.7. The van der Waals surface area contributed by atoms with E-state index in [1.165, 1.54) is 0 Å². The van der Waals surface area contributed by atoms with E-state index in [1.54, 1.807) is 53.5 Å². The lowest BCUT2D eigenvalue weighted by Gasteiger charge is -2.15. The summed E-state index contributed by atoms with van der Waals surface area (Å²) in [6.45, 7) is 2.01. The standard InChI is InChI=1S/C23H21N5O2/c1-2-20(17-7-4-3-5-8-17)23(29)25-18-9-11-19(12-10-18)30-22-14-13-21(26-27-22)28-16-6-15-24-28/h3-16,20H,2H2,1H3,(H,25,29). The molecular formula is C23H21N5O2. The van der Waals surface area contributed by atoms with E-state index in [4.69, 9.17) is 4.74 Å². The van der Waals surface area contributed by atoms with Gasteiger partial charge in [-0.3, -0.25) is 4.79 Å². The highest BCUT2D eigenvalue weighted by molar-refractivity contribution is 5.95. The first-order chi connectivity index (χ1) is 14.7. The molecule has 0 spiro atoms. The summed E-state index contributed by atoms with van der Waals surface area (Å²) in [5, 5.41) is 15.2. The van der Waals surface area contributed by atoms with E-state index in [-0.39, 0.29) is 11.8 Å². The van der Waals surface area contributed by atoms with Crippen molar-refractivity contribution in [2.75, 3.05) is 5.32 Å². The van der Waals surface area contributed by atoms with E-state index in [1.807, 2.05) is 43.3 Å². The molecule has 1 N–H and O–H groups in total. The number of aromatic nitrogens is 4. The molecule has 0 aliphatic rings. The first-order valence-corrected chi connectivity index (χ1v) is 9.70. The summed E-state index contributed by atoms with van der Waals surface area (Å²) >= 11 is 0. The molecule has 0 aliphatic carbocycles. The van der Waals surface area contributed by atoms with Gasteiger partial charge in [0.05, 0.1) is 5.92 Å². The third-order valence-electron chi connectivity index (χ3n) is 4.64. The van der Waals surface area contributed by atoms with Crippen molar-refractivity contribution >= 4 is 11.6 Å². The van der Waals surface area contributed by atoms with Gasteiger partial charge in [-0.05, 0) is 48.4 Å². The number of nitrogens with zero attached hydrogens (tertiary/aromatic N) is 4. The van der Waals surface area contributed by atoms with E-state index >= 15 is 0 Å². The van der Waals surface area contributed by atoms with Gasteiger partial charge in [0.25, 0.3) is 0 Å². The zero-order valence-corrected chi connectivity index (χ0v) is 16.5. The average molecular weight is 399 g/mol. The highest BCUT2D eigenvalue weighted by Crippen LogP contribution is 2.24. The number of ether oxygens (including phenoxy) is 1. The predicted octanol–water partition coefficient (Wildman–Crippen LogP) is 4.59. The second-order valence-electron chi connectivity index (χ2n) is 6.67. The van der Waals surface area contributed by atoms with Gasteiger partial charge in [0.2, 0.25) is 11.8 Å². The smallest absolute Gasteiger partial charge is 0.238 e. The molecule has 30 heavy (non-hydrogen) atoms. The van der Waals surface area contributed by atoms with Crippen molar-refractivity contribution in [1.82, 2.24) is 20.0 Å². The van der Waals surface area contributed by atoms with Crippen LogP contribution in [-0.2, 0) is 4.79 Å². The number of nitrogens with one attached hydrogen (secondary N) is 1. The Kier molecular flexibility index (Phi) is 5.80. The summed E-state index contributed by atoms with van der Waals surface area (Å²) in [6.07, 6.45) is 4.19. The number of hydrogen-bond acceptors (Lipinski definition) is 5. The van der Waals surface area contributed by atoms with Crippen LogP contribution >= 0.6 is 0 Å². The van der Waals surface area contributed by atoms with Crippen LogP contribution in [0.2, 0.25) is 0 Å². The Balaban J connectivity index is 1.38. The predicted molar refractivity (Wildman–Crippen MR) is 114 cm³/mol. The molecule has 0 saturated carbocycles. The van der Waals surface area contributed by atoms with Gasteiger partial charge in [-0.1, -0.05) is 37.3 Å². The fourth-order valence-corrected chi connectivity index (χ4v) is 3.11. The Bertz CT molecular complexity index is 1080. The topological polar surface area (TPSA) is 81.9 Å². The molecule has 1 amide bonds. The lowest BCUT2D eigenvalue weighted by Crippen LogP contribution is -2.20. The lowest BCUT2D eigenvalue weighted by molar-refractivity contribution is -0.117. The number of carbonyl (C=O) groups is 1. The monoisotopic (exact) mass is 399 g/mol. The van der Waals surface area contributed by atoms with Crippen LogP contribution in [0.4, 0.5) is 5.69 Å². The fourth-order valence-electron chi connectivity index (χ4n) is 3.11. The van der Waals surface area contributed by atoms with Crippen LogP contribution in [0.3, 0.4) is 0 Å². The number of benzene rings is 2. The van der Waals surface area contributed by atoms with Crippen LogP contribution in [0.25, 0.3) is 5.82 Å². The SMILES string of the molecule is CCC(C(=O)Nc1ccc(Oc2ccc(-n3cccn3)nn2)cc1)c1ccccc1. The van der Waals surface area contributed by atoms with Gasteiger partial charge in [0.1, 0.15) is 5.75 Å². The van der Waals surface area contributed by atoms with Gasteiger partial charge in [0, 0.05) is 24.1 Å². The number of rotatable bonds is 7. The molecule has 4 rings (SSSR count). The van der Waals surface area contributed by atoms with E-state index in [2.05, 4.69) is 20.6 Å². The van der Waals surface area contributed by atoms with Crippen LogP contribution in [0.5, 0.6) is 11.6 Å². The van der Waals surface area contributed by atoms with Crippen molar-refractivity contribution in [3.8, 4) is 17.4 Å². The van der Waals surface area contributed by atoms with Crippen molar-refractivity contribution in [3.05, 3.63) is 90.8 Å². The minimum Gasteiger partial charge on any atom is -0.438 e. The van der Waals surface area contributed by atoms with Gasteiger partial charge in [-0.2, -0.15) is 5.10 Å². The number of hydrogen-bond donors (Lipinski definition) is 1. The zero-order valence-electron chi connectivity index (χ0n) is 16.5. The lowest BCUT2D eigenvalue weighted by atomic mass is 9.95. The maximum absolute atomic E-state index is 12.7. The summed E-state index contributed by atoms with van der Waals surface area (Å²) in [4.78, 5) is 12.7. The van der Waals surface area contributed by atoms with E-state index in [9.17, 15) is 4.79 Å². The van der Waals surface area contributed by atoms with Crippen LogP contribution < -0.4 is 10.1 Å². The summed E-state index contributed by atoms with van der Waals surface area (Å²) in [6, 6.07) is 22.3. The molecule has 2 aromatic heterocycles. The van der Waals surface area contributed by atoms with E-state index in [0.717, 1.165) is 12.0 Å². The molecule has 7 nitrogen and oxygen atoms in total. The van der Waals surface area contributed by atoms with Gasteiger partial charge < -0.3 is 10.1 Å². The van der Waals surface area contributed by atoms with Crippen LogP contribution in [0, 0.1) is 0 Å². The molecule has 2 aromatic carbocycles. The maximum Gasteiger partial charge on any atom is 0.238 e. The highest BCUT2D eigenvalue weighted by atomic mass is 16.5. The highest BCUT2D eigenvalue weighted by Gasteiger charge is 2.18. The Labute approximate surface area is 174 Å². The third-order valence-corrected chi connectivity index (χ3v) is 4.64.